The van der Waals surface area contributed by atoms with Crippen LogP contribution in [0.4, 0.5) is 6.01 Å². The minimum Gasteiger partial charge on any atom is -0.423 e. The highest BCUT2D eigenvalue weighted by Crippen LogP contribution is 2.28. The van der Waals surface area contributed by atoms with E-state index in [1.807, 2.05) is 30.3 Å². The van der Waals surface area contributed by atoms with Crippen LogP contribution >= 0.6 is 11.6 Å². The molecule has 1 unspecified atom stereocenters. The molecule has 7 heteroatoms. The first-order valence-corrected chi connectivity index (χ1v) is 10.2. The van der Waals surface area contributed by atoms with Gasteiger partial charge in [0.25, 0.3) is 6.01 Å². The van der Waals surface area contributed by atoms with Gasteiger partial charge in [0.15, 0.2) is 5.58 Å². The Bertz CT molecular complexity index is 987. The van der Waals surface area contributed by atoms with Crippen molar-refractivity contribution < 1.29 is 14.3 Å². The number of anilines is 1. The lowest BCUT2D eigenvalue weighted by Gasteiger charge is -2.31. The van der Waals surface area contributed by atoms with Gasteiger partial charge in [0, 0.05) is 37.1 Å². The molecule has 1 fully saturated rings. The second kappa shape index (κ2) is 8.84. The molecule has 6 nitrogen and oxygen atoms in total. The van der Waals surface area contributed by atoms with Crippen LogP contribution in [0.15, 0.2) is 46.9 Å². The molecule has 1 amide bonds. The lowest BCUT2D eigenvalue weighted by Crippen LogP contribution is -2.38. The molecule has 2 heterocycles. The van der Waals surface area contributed by atoms with Crippen LogP contribution in [0.1, 0.15) is 30.4 Å². The SMILES string of the molecule is O=C(CC1CCCN(c2nc3ccc(Cl)cc3o2)C1)NCc1ccc(CO)cc1. The summed E-state index contributed by atoms with van der Waals surface area (Å²) in [7, 11) is 0. The molecular formula is C22H24ClN3O3. The number of aliphatic hydroxyl groups is 1. The minimum absolute atomic E-state index is 0.0257. The van der Waals surface area contributed by atoms with Crippen LogP contribution in [0.2, 0.25) is 5.02 Å². The van der Waals surface area contributed by atoms with Gasteiger partial charge in [-0.1, -0.05) is 35.9 Å². The predicted molar refractivity (Wildman–Crippen MR) is 113 cm³/mol. The van der Waals surface area contributed by atoms with Crippen molar-refractivity contribution in [1.82, 2.24) is 10.3 Å². The average molecular weight is 414 g/mol. The number of nitrogens with zero attached hydrogens (tertiary/aromatic N) is 2. The van der Waals surface area contributed by atoms with Crippen LogP contribution in [0.25, 0.3) is 11.1 Å². The third-order valence-electron chi connectivity index (χ3n) is 5.30. The standard InChI is InChI=1S/C22H24ClN3O3/c23-18-7-8-19-20(11-18)29-22(25-19)26-9-1-2-17(13-26)10-21(28)24-12-15-3-5-16(14-27)6-4-15/h3-8,11,17,27H,1-2,9-10,12-14H2,(H,24,28). The molecule has 0 bridgehead atoms. The highest BCUT2D eigenvalue weighted by atomic mass is 35.5. The summed E-state index contributed by atoms with van der Waals surface area (Å²) in [5, 5.41) is 12.7. The van der Waals surface area contributed by atoms with Crippen molar-refractivity contribution >= 4 is 34.6 Å². The Kier molecular flexibility index (Phi) is 6.02. The van der Waals surface area contributed by atoms with Gasteiger partial charge in [-0.25, -0.2) is 0 Å². The summed E-state index contributed by atoms with van der Waals surface area (Å²) >= 11 is 6.03. The molecule has 2 N–H and O–H groups in total. The number of amides is 1. The van der Waals surface area contributed by atoms with Crippen LogP contribution in [0.5, 0.6) is 0 Å². The number of carbonyl (C=O) groups excluding carboxylic acids is 1. The maximum atomic E-state index is 12.4. The minimum atomic E-state index is 0.0257. The van der Waals surface area contributed by atoms with Crippen molar-refractivity contribution in [2.45, 2.75) is 32.4 Å². The number of nitrogens with one attached hydrogen (secondary N) is 1. The first-order valence-electron chi connectivity index (χ1n) is 9.87. The van der Waals surface area contributed by atoms with E-state index in [-0.39, 0.29) is 18.4 Å². The van der Waals surface area contributed by atoms with Gasteiger partial charge in [0.1, 0.15) is 5.52 Å². The van der Waals surface area contributed by atoms with Gasteiger partial charge in [0.2, 0.25) is 5.91 Å². The molecule has 2 aromatic carbocycles. The van der Waals surface area contributed by atoms with E-state index in [2.05, 4.69) is 15.2 Å². The number of piperidine rings is 1. The van der Waals surface area contributed by atoms with E-state index in [9.17, 15) is 4.79 Å². The summed E-state index contributed by atoms with van der Waals surface area (Å²) in [5.41, 5.74) is 3.35. The molecule has 1 aliphatic heterocycles. The molecule has 0 radical (unpaired) electrons. The smallest absolute Gasteiger partial charge is 0.298 e. The molecule has 1 aromatic heterocycles. The number of oxazole rings is 1. The predicted octanol–water partition coefficient (Wildman–Crippen LogP) is 3.90. The van der Waals surface area contributed by atoms with Crippen LogP contribution in [-0.2, 0) is 17.9 Å². The first-order chi connectivity index (χ1) is 14.1. The maximum absolute atomic E-state index is 12.4. The number of aromatic nitrogens is 1. The summed E-state index contributed by atoms with van der Waals surface area (Å²) in [5.74, 6) is 0.312. The van der Waals surface area contributed by atoms with Gasteiger partial charge < -0.3 is 19.7 Å². The third-order valence-corrected chi connectivity index (χ3v) is 5.53. The van der Waals surface area contributed by atoms with E-state index < -0.39 is 0 Å². The van der Waals surface area contributed by atoms with Crippen molar-refractivity contribution in [3.8, 4) is 0 Å². The second-order valence-electron chi connectivity index (χ2n) is 7.52. The number of rotatable bonds is 6. The lowest BCUT2D eigenvalue weighted by molar-refractivity contribution is -0.122. The molecular weight excluding hydrogens is 390 g/mol. The van der Waals surface area contributed by atoms with Crippen LogP contribution in [-0.4, -0.2) is 29.1 Å². The van der Waals surface area contributed by atoms with Gasteiger partial charge in [-0.15, -0.1) is 0 Å². The Balaban J connectivity index is 1.32. The molecule has 29 heavy (non-hydrogen) atoms. The zero-order chi connectivity index (χ0) is 20.2. The third kappa shape index (κ3) is 4.89. The Hall–Kier alpha value is -2.57. The van der Waals surface area contributed by atoms with Gasteiger partial charge in [0.05, 0.1) is 6.61 Å². The highest BCUT2D eigenvalue weighted by molar-refractivity contribution is 6.31. The average Bonchev–Trinajstić information content (AvgIpc) is 3.16. The van der Waals surface area contributed by atoms with E-state index in [1.54, 1.807) is 12.1 Å². The van der Waals surface area contributed by atoms with E-state index in [4.69, 9.17) is 21.1 Å². The molecule has 0 aliphatic carbocycles. The van der Waals surface area contributed by atoms with Gasteiger partial charge in [-0.3, -0.25) is 4.79 Å². The van der Waals surface area contributed by atoms with Crippen LogP contribution in [0, 0.1) is 5.92 Å². The zero-order valence-electron chi connectivity index (χ0n) is 16.1. The maximum Gasteiger partial charge on any atom is 0.298 e. The van der Waals surface area contributed by atoms with Crippen molar-refractivity contribution in [2.75, 3.05) is 18.0 Å². The Morgan fingerprint density at radius 3 is 2.83 bits per heavy atom. The quantitative estimate of drug-likeness (QED) is 0.640. The van der Waals surface area contributed by atoms with Gasteiger partial charge >= 0.3 is 0 Å². The number of carbonyl (C=O) groups is 1. The fourth-order valence-corrected chi connectivity index (χ4v) is 3.89. The zero-order valence-corrected chi connectivity index (χ0v) is 16.9. The normalized spacial score (nSPS) is 16.9. The molecule has 152 valence electrons. The van der Waals surface area contributed by atoms with Crippen molar-refractivity contribution in [3.05, 3.63) is 58.6 Å². The molecule has 3 aromatic rings. The molecule has 4 rings (SSSR count). The number of hydrogen-bond acceptors (Lipinski definition) is 5. The van der Waals surface area contributed by atoms with Crippen LogP contribution in [0.3, 0.4) is 0 Å². The monoisotopic (exact) mass is 413 g/mol. The molecule has 0 spiro atoms. The molecule has 1 atom stereocenters. The highest BCUT2D eigenvalue weighted by Gasteiger charge is 2.25. The lowest BCUT2D eigenvalue weighted by atomic mass is 9.94. The van der Waals surface area contributed by atoms with Crippen molar-refractivity contribution in [3.63, 3.8) is 0 Å². The fourth-order valence-electron chi connectivity index (χ4n) is 3.72. The summed E-state index contributed by atoms with van der Waals surface area (Å²) in [4.78, 5) is 19.1. The van der Waals surface area contributed by atoms with E-state index in [1.165, 1.54) is 0 Å². The Morgan fingerprint density at radius 2 is 2.03 bits per heavy atom. The summed E-state index contributed by atoms with van der Waals surface area (Å²) in [6.07, 6.45) is 2.50. The van der Waals surface area contributed by atoms with E-state index in [0.29, 0.717) is 29.6 Å². The molecule has 1 aliphatic rings. The molecule has 1 saturated heterocycles. The number of halogens is 1. The number of fused-ring (bicyclic) bond motifs is 1. The van der Waals surface area contributed by atoms with E-state index >= 15 is 0 Å². The Morgan fingerprint density at radius 1 is 1.24 bits per heavy atom. The number of aliphatic hydroxyl groups excluding tert-OH is 1. The van der Waals surface area contributed by atoms with Gasteiger partial charge in [-0.05, 0) is 42.0 Å². The summed E-state index contributed by atoms with van der Waals surface area (Å²) in [6, 6.07) is 13.6. The van der Waals surface area contributed by atoms with Gasteiger partial charge in [-0.2, -0.15) is 4.98 Å². The topological polar surface area (TPSA) is 78.6 Å². The summed E-state index contributed by atoms with van der Waals surface area (Å²) in [6.45, 7) is 2.14. The number of hydrogen-bond donors (Lipinski definition) is 2. The van der Waals surface area contributed by atoms with E-state index in [0.717, 1.165) is 42.6 Å². The largest absolute Gasteiger partial charge is 0.423 e. The first kappa shape index (κ1) is 19.7. The number of benzene rings is 2. The fraction of sp³-hybridized carbons (Fsp3) is 0.364. The Labute approximate surface area is 174 Å². The second-order valence-corrected chi connectivity index (χ2v) is 7.95. The summed E-state index contributed by atoms with van der Waals surface area (Å²) < 4.78 is 5.88. The van der Waals surface area contributed by atoms with Crippen LogP contribution < -0.4 is 10.2 Å². The van der Waals surface area contributed by atoms with Crippen molar-refractivity contribution in [2.24, 2.45) is 5.92 Å². The molecule has 0 saturated carbocycles. The van der Waals surface area contributed by atoms with Crippen molar-refractivity contribution in [1.29, 1.82) is 0 Å².